The van der Waals surface area contributed by atoms with Gasteiger partial charge in [-0.15, -0.1) is 0 Å². The van der Waals surface area contributed by atoms with Crippen LogP contribution < -0.4 is 10.6 Å². The second-order valence-electron chi connectivity index (χ2n) is 8.39. The van der Waals surface area contributed by atoms with Gasteiger partial charge in [0.2, 0.25) is 5.91 Å². The molecule has 3 fully saturated rings. The maximum atomic E-state index is 12.9. The summed E-state index contributed by atoms with van der Waals surface area (Å²) in [6.45, 7) is 2.04. The van der Waals surface area contributed by atoms with Gasteiger partial charge < -0.3 is 9.64 Å². The Hall–Kier alpha value is -2.70. The summed E-state index contributed by atoms with van der Waals surface area (Å²) in [5.74, 6) is -0.417. The molecular weight excluding hydrogens is 378 g/mol. The number of fused-ring (bicyclic) bond motifs is 1. The number of hydrogen-bond donors (Lipinski definition) is 2. The predicted molar refractivity (Wildman–Crippen MR) is 114 cm³/mol. The predicted octanol–water partition coefficient (Wildman–Crippen LogP) is 3.10. The first-order chi connectivity index (χ1) is 14.7. The lowest BCUT2D eigenvalue weighted by atomic mass is 9.77. The van der Waals surface area contributed by atoms with Crippen molar-refractivity contribution in [2.24, 2.45) is 5.92 Å². The fourth-order valence-corrected chi connectivity index (χ4v) is 5.06. The van der Waals surface area contributed by atoms with Gasteiger partial charge in [0, 0.05) is 12.5 Å². The zero-order valence-corrected chi connectivity index (χ0v) is 16.9. The first kappa shape index (κ1) is 19.3. The van der Waals surface area contributed by atoms with Gasteiger partial charge in [0.05, 0.1) is 24.7 Å². The van der Waals surface area contributed by atoms with Crippen LogP contribution in [-0.2, 0) is 9.53 Å². The minimum Gasteiger partial charge on any atom is -0.376 e. The molecule has 3 aliphatic heterocycles. The number of ether oxygens (including phenoxy) is 1. The Morgan fingerprint density at radius 1 is 0.967 bits per heavy atom. The molecule has 30 heavy (non-hydrogen) atoms. The zero-order chi connectivity index (χ0) is 20.5. The fraction of sp³-hybridized carbons (Fsp3) is 0.417. The molecule has 6 heteroatoms. The van der Waals surface area contributed by atoms with Gasteiger partial charge in [-0.1, -0.05) is 54.6 Å². The molecule has 3 aliphatic rings. The third-order valence-electron chi connectivity index (χ3n) is 6.58. The van der Waals surface area contributed by atoms with Gasteiger partial charge in [-0.05, 0) is 42.5 Å². The van der Waals surface area contributed by atoms with E-state index in [4.69, 9.17) is 4.74 Å². The Bertz CT molecular complexity index is 909. The number of nitrogens with zero attached hydrogens (tertiary/aromatic N) is 1. The van der Waals surface area contributed by atoms with E-state index in [0.29, 0.717) is 6.54 Å². The lowest BCUT2D eigenvalue weighted by molar-refractivity contribution is -0.131. The number of hydrogen-bond acceptors (Lipinski definition) is 4. The maximum absolute atomic E-state index is 12.9. The summed E-state index contributed by atoms with van der Waals surface area (Å²) in [7, 11) is 0. The molecule has 0 spiro atoms. The van der Waals surface area contributed by atoms with Crippen LogP contribution in [0.5, 0.6) is 0 Å². The van der Waals surface area contributed by atoms with E-state index in [0.717, 1.165) is 43.5 Å². The number of carbonyl (C=O) groups is 2. The van der Waals surface area contributed by atoms with Crippen LogP contribution in [0, 0.1) is 5.92 Å². The van der Waals surface area contributed by atoms with Gasteiger partial charge >= 0.3 is 6.03 Å². The van der Waals surface area contributed by atoms with Crippen molar-refractivity contribution in [1.82, 2.24) is 15.5 Å². The second kappa shape index (κ2) is 8.20. The lowest BCUT2D eigenvalue weighted by Crippen LogP contribution is -2.68. The van der Waals surface area contributed by atoms with Crippen molar-refractivity contribution in [3.05, 3.63) is 60.2 Å². The molecule has 3 amide bonds. The monoisotopic (exact) mass is 405 g/mol. The van der Waals surface area contributed by atoms with E-state index >= 15 is 0 Å². The SMILES string of the molecule is O=C1NC(=O)N(CC2CCCO2)C2NCCC(c3ccc(-c4ccccc4)cc3)C12. The Balaban J connectivity index is 1.39. The molecule has 4 unspecified atom stereocenters. The van der Waals surface area contributed by atoms with Gasteiger partial charge in [0.1, 0.15) is 0 Å². The molecule has 0 aromatic heterocycles. The van der Waals surface area contributed by atoms with Crippen LogP contribution in [0.4, 0.5) is 4.79 Å². The zero-order valence-electron chi connectivity index (χ0n) is 16.9. The molecule has 2 aromatic carbocycles. The molecule has 2 aromatic rings. The van der Waals surface area contributed by atoms with Gasteiger partial charge in [-0.3, -0.25) is 15.4 Å². The summed E-state index contributed by atoms with van der Waals surface area (Å²) >= 11 is 0. The van der Waals surface area contributed by atoms with E-state index in [9.17, 15) is 9.59 Å². The van der Waals surface area contributed by atoms with Crippen molar-refractivity contribution in [2.75, 3.05) is 19.7 Å². The highest BCUT2D eigenvalue weighted by Crippen LogP contribution is 2.37. The highest BCUT2D eigenvalue weighted by Gasteiger charge is 2.48. The van der Waals surface area contributed by atoms with E-state index in [-0.39, 0.29) is 36.0 Å². The fourth-order valence-electron chi connectivity index (χ4n) is 5.06. The van der Waals surface area contributed by atoms with E-state index in [1.807, 2.05) is 18.2 Å². The molecule has 0 aliphatic carbocycles. The highest BCUT2D eigenvalue weighted by atomic mass is 16.5. The average Bonchev–Trinajstić information content (AvgIpc) is 3.30. The molecule has 3 heterocycles. The lowest BCUT2D eigenvalue weighted by Gasteiger charge is -2.47. The van der Waals surface area contributed by atoms with Crippen LogP contribution in [0.2, 0.25) is 0 Å². The summed E-state index contributed by atoms with van der Waals surface area (Å²) in [6.07, 6.45) is 2.61. The van der Waals surface area contributed by atoms with E-state index in [1.54, 1.807) is 4.90 Å². The molecule has 2 N–H and O–H groups in total. The second-order valence-corrected chi connectivity index (χ2v) is 8.39. The van der Waals surface area contributed by atoms with Crippen molar-refractivity contribution in [2.45, 2.75) is 37.5 Å². The van der Waals surface area contributed by atoms with Gasteiger partial charge in [-0.25, -0.2) is 4.79 Å². The minimum atomic E-state index is -0.315. The summed E-state index contributed by atoms with van der Waals surface area (Å²) in [5.41, 5.74) is 3.48. The van der Waals surface area contributed by atoms with Crippen molar-refractivity contribution < 1.29 is 14.3 Å². The van der Waals surface area contributed by atoms with Gasteiger partial charge in [0.15, 0.2) is 0 Å². The maximum Gasteiger partial charge on any atom is 0.325 e. The van der Waals surface area contributed by atoms with Crippen LogP contribution in [0.1, 0.15) is 30.7 Å². The Morgan fingerprint density at radius 2 is 1.73 bits per heavy atom. The van der Waals surface area contributed by atoms with Crippen molar-refractivity contribution in [1.29, 1.82) is 0 Å². The van der Waals surface area contributed by atoms with E-state index in [1.165, 1.54) is 5.56 Å². The van der Waals surface area contributed by atoms with Crippen LogP contribution in [0.15, 0.2) is 54.6 Å². The van der Waals surface area contributed by atoms with Gasteiger partial charge in [-0.2, -0.15) is 0 Å². The third kappa shape index (κ3) is 3.61. The smallest absolute Gasteiger partial charge is 0.325 e. The van der Waals surface area contributed by atoms with Crippen LogP contribution in [0.3, 0.4) is 0 Å². The standard InChI is InChI=1S/C24H27N3O3/c28-23-21-20(18-10-8-17(9-11-18)16-5-2-1-3-6-16)12-13-25-22(21)27(24(29)26-23)15-19-7-4-14-30-19/h1-3,5-6,8-11,19-22,25H,4,7,12-15H2,(H,26,28,29). The first-order valence-corrected chi connectivity index (χ1v) is 10.8. The Kier molecular flexibility index (Phi) is 5.27. The number of urea groups is 1. The third-order valence-corrected chi connectivity index (χ3v) is 6.58. The Morgan fingerprint density at radius 3 is 2.47 bits per heavy atom. The molecule has 0 saturated carbocycles. The first-order valence-electron chi connectivity index (χ1n) is 10.8. The molecule has 0 radical (unpaired) electrons. The summed E-state index contributed by atoms with van der Waals surface area (Å²) in [5, 5.41) is 6.02. The van der Waals surface area contributed by atoms with E-state index in [2.05, 4.69) is 47.0 Å². The number of carbonyl (C=O) groups excluding carboxylic acids is 2. The molecule has 156 valence electrons. The van der Waals surface area contributed by atoms with Crippen molar-refractivity contribution in [3.63, 3.8) is 0 Å². The van der Waals surface area contributed by atoms with E-state index < -0.39 is 0 Å². The summed E-state index contributed by atoms with van der Waals surface area (Å²) in [4.78, 5) is 27.2. The van der Waals surface area contributed by atoms with Crippen LogP contribution in [-0.4, -0.2) is 48.8 Å². The van der Waals surface area contributed by atoms with Gasteiger partial charge in [0.25, 0.3) is 0 Å². The molecule has 4 atom stereocenters. The number of rotatable bonds is 4. The van der Waals surface area contributed by atoms with Crippen LogP contribution >= 0.6 is 0 Å². The molecule has 0 bridgehead atoms. The highest BCUT2D eigenvalue weighted by molar-refractivity contribution is 5.99. The number of benzene rings is 2. The molecular formula is C24H27N3O3. The number of nitrogens with one attached hydrogen (secondary N) is 2. The topological polar surface area (TPSA) is 70.7 Å². The minimum absolute atomic E-state index is 0.0527. The summed E-state index contributed by atoms with van der Waals surface area (Å²) < 4.78 is 5.74. The normalized spacial score (nSPS) is 28.9. The molecule has 5 rings (SSSR count). The van der Waals surface area contributed by atoms with Crippen molar-refractivity contribution in [3.8, 4) is 11.1 Å². The largest absolute Gasteiger partial charge is 0.376 e. The Labute approximate surface area is 176 Å². The molecule has 6 nitrogen and oxygen atoms in total. The number of amides is 3. The van der Waals surface area contributed by atoms with Crippen LogP contribution in [0.25, 0.3) is 11.1 Å². The number of imide groups is 1. The average molecular weight is 405 g/mol. The molecule has 3 saturated heterocycles. The quantitative estimate of drug-likeness (QED) is 0.820. The number of piperidine rings is 1. The summed E-state index contributed by atoms with van der Waals surface area (Å²) in [6, 6.07) is 18.5. The van der Waals surface area contributed by atoms with Crippen molar-refractivity contribution >= 4 is 11.9 Å².